The lowest BCUT2D eigenvalue weighted by Crippen LogP contribution is -2.09. The Bertz CT molecular complexity index is 835. The van der Waals surface area contributed by atoms with Crippen LogP contribution >= 0.6 is 11.6 Å². The molecule has 1 aliphatic carbocycles. The maximum absolute atomic E-state index is 13.1. The van der Waals surface area contributed by atoms with E-state index in [0.717, 1.165) is 25.0 Å². The summed E-state index contributed by atoms with van der Waals surface area (Å²) in [5.74, 6) is -0.758. The van der Waals surface area contributed by atoms with Gasteiger partial charge < -0.3 is 15.2 Å². The fourth-order valence-electron chi connectivity index (χ4n) is 2.41. The van der Waals surface area contributed by atoms with Crippen molar-refractivity contribution < 1.29 is 27.8 Å². The number of hydrogen-bond donors (Lipinski definition) is 2. The molecule has 0 heterocycles. The molecule has 1 fully saturated rings. The van der Waals surface area contributed by atoms with E-state index in [-0.39, 0.29) is 27.7 Å². The molecule has 0 saturated heterocycles. The number of alkyl halides is 3. The summed E-state index contributed by atoms with van der Waals surface area (Å²) < 4.78 is 45.0. The molecule has 26 heavy (non-hydrogen) atoms. The van der Waals surface area contributed by atoms with Crippen LogP contribution in [0.2, 0.25) is 5.02 Å². The summed E-state index contributed by atoms with van der Waals surface area (Å²) >= 11 is 6.03. The largest absolute Gasteiger partial charge is 0.490 e. The molecule has 138 valence electrons. The normalized spacial score (nSPS) is 14.2. The summed E-state index contributed by atoms with van der Waals surface area (Å²) in [7, 11) is 0. The molecule has 0 radical (unpaired) electrons. The van der Waals surface area contributed by atoms with Crippen LogP contribution in [-0.2, 0) is 6.18 Å². The third-order valence-corrected chi connectivity index (χ3v) is 4.24. The van der Waals surface area contributed by atoms with Crippen molar-refractivity contribution in [2.45, 2.75) is 19.0 Å². The van der Waals surface area contributed by atoms with Gasteiger partial charge in [0.2, 0.25) is 0 Å². The van der Waals surface area contributed by atoms with Crippen LogP contribution < -0.4 is 10.1 Å². The van der Waals surface area contributed by atoms with Crippen LogP contribution in [0.3, 0.4) is 0 Å². The first kappa shape index (κ1) is 18.4. The van der Waals surface area contributed by atoms with Gasteiger partial charge in [-0.2, -0.15) is 13.2 Å². The van der Waals surface area contributed by atoms with Crippen molar-refractivity contribution in [3.63, 3.8) is 0 Å². The Morgan fingerprint density at radius 2 is 1.92 bits per heavy atom. The number of ether oxygens (including phenoxy) is 1. The van der Waals surface area contributed by atoms with Crippen molar-refractivity contribution in [2.24, 2.45) is 5.92 Å². The van der Waals surface area contributed by atoms with Gasteiger partial charge in [-0.1, -0.05) is 23.7 Å². The highest BCUT2D eigenvalue weighted by atomic mass is 35.5. The molecule has 0 aliphatic heterocycles. The van der Waals surface area contributed by atoms with E-state index in [0.29, 0.717) is 12.5 Å². The second-order valence-corrected chi connectivity index (χ2v) is 6.47. The molecule has 2 aromatic rings. The summed E-state index contributed by atoms with van der Waals surface area (Å²) in [6.07, 6.45) is -2.59. The Kier molecular flexibility index (Phi) is 5.00. The number of carboxylic acid groups (broad SMARTS) is 1. The predicted octanol–water partition coefficient (Wildman–Crippen LogP) is 5.59. The zero-order valence-electron chi connectivity index (χ0n) is 13.4. The number of para-hydroxylation sites is 1. The molecular formula is C18H15ClF3NO3. The van der Waals surface area contributed by atoms with Gasteiger partial charge >= 0.3 is 12.1 Å². The molecule has 0 unspecified atom stereocenters. The molecule has 8 heteroatoms. The quantitative estimate of drug-likeness (QED) is 0.680. The summed E-state index contributed by atoms with van der Waals surface area (Å²) in [5, 5.41) is 11.8. The standard InChI is InChI=1S/C18H15ClF3NO3/c19-13-7-11(18(20,21)22)8-15(16(13)26-9-10-5-6-10)23-14-4-2-1-3-12(14)17(24)25/h1-4,7-8,10,23H,5-6,9H2,(H,24,25). The third-order valence-electron chi connectivity index (χ3n) is 3.96. The first-order valence-corrected chi connectivity index (χ1v) is 8.26. The van der Waals surface area contributed by atoms with Gasteiger partial charge in [-0.05, 0) is 43.0 Å². The van der Waals surface area contributed by atoms with E-state index < -0.39 is 17.7 Å². The van der Waals surface area contributed by atoms with Crippen LogP contribution in [0.1, 0.15) is 28.8 Å². The highest BCUT2D eigenvalue weighted by molar-refractivity contribution is 6.32. The predicted molar refractivity (Wildman–Crippen MR) is 91.4 cm³/mol. The molecule has 0 amide bonds. The van der Waals surface area contributed by atoms with Crippen LogP contribution in [0.25, 0.3) is 0 Å². The van der Waals surface area contributed by atoms with Gasteiger partial charge in [0.25, 0.3) is 0 Å². The number of benzene rings is 2. The molecule has 0 aromatic heterocycles. The lowest BCUT2D eigenvalue weighted by Gasteiger charge is -2.18. The Labute approximate surface area is 152 Å². The SMILES string of the molecule is O=C(O)c1ccccc1Nc1cc(C(F)(F)F)cc(Cl)c1OCC1CC1. The van der Waals surface area contributed by atoms with Crippen molar-refractivity contribution in [3.05, 3.63) is 52.5 Å². The molecule has 2 N–H and O–H groups in total. The minimum Gasteiger partial charge on any atom is -0.490 e. The van der Waals surface area contributed by atoms with Crippen molar-refractivity contribution >= 4 is 28.9 Å². The van der Waals surface area contributed by atoms with Crippen molar-refractivity contribution in [2.75, 3.05) is 11.9 Å². The fourth-order valence-corrected chi connectivity index (χ4v) is 2.68. The van der Waals surface area contributed by atoms with Crippen LogP contribution in [-0.4, -0.2) is 17.7 Å². The lowest BCUT2D eigenvalue weighted by molar-refractivity contribution is -0.137. The minimum absolute atomic E-state index is 0.0285. The topological polar surface area (TPSA) is 58.6 Å². The number of hydrogen-bond acceptors (Lipinski definition) is 3. The number of aromatic carboxylic acids is 1. The second kappa shape index (κ2) is 7.07. The number of carbonyl (C=O) groups is 1. The maximum Gasteiger partial charge on any atom is 0.416 e. The third kappa shape index (κ3) is 4.22. The zero-order valence-corrected chi connectivity index (χ0v) is 14.2. The van der Waals surface area contributed by atoms with E-state index in [1.165, 1.54) is 18.2 Å². The van der Waals surface area contributed by atoms with Gasteiger partial charge in [0.15, 0.2) is 5.75 Å². The molecule has 0 spiro atoms. The van der Waals surface area contributed by atoms with Crippen LogP contribution in [0, 0.1) is 5.92 Å². The van der Waals surface area contributed by atoms with Crippen molar-refractivity contribution in [3.8, 4) is 5.75 Å². The van der Waals surface area contributed by atoms with Gasteiger partial charge in [-0.3, -0.25) is 0 Å². The van der Waals surface area contributed by atoms with E-state index >= 15 is 0 Å². The van der Waals surface area contributed by atoms with Gasteiger partial charge in [0, 0.05) is 0 Å². The number of rotatable bonds is 6. The molecule has 1 saturated carbocycles. The van der Waals surface area contributed by atoms with E-state index in [4.69, 9.17) is 16.3 Å². The summed E-state index contributed by atoms with van der Waals surface area (Å²) in [4.78, 5) is 11.3. The van der Waals surface area contributed by atoms with E-state index in [1.54, 1.807) is 6.07 Å². The van der Waals surface area contributed by atoms with Crippen LogP contribution in [0.15, 0.2) is 36.4 Å². The summed E-state index contributed by atoms with van der Waals surface area (Å²) in [6, 6.07) is 7.59. The van der Waals surface area contributed by atoms with E-state index in [1.807, 2.05) is 0 Å². The number of nitrogens with one attached hydrogen (secondary N) is 1. The van der Waals surface area contributed by atoms with Crippen molar-refractivity contribution in [1.29, 1.82) is 0 Å². The minimum atomic E-state index is -4.60. The first-order valence-electron chi connectivity index (χ1n) is 7.88. The highest BCUT2D eigenvalue weighted by Gasteiger charge is 2.33. The average molecular weight is 386 g/mol. The molecule has 1 aliphatic rings. The smallest absolute Gasteiger partial charge is 0.416 e. The monoisotopic (exact) mass is 385 g/mol. The van der Waals surface area contributed by atoms with Crippen LogP contribution in [0.5, 0.6) is 5.75 Å². The molecule has 2 aromatic carbocycles. The molecule has 4 nitrogen and oxygen atoms in total. The number of anilines is 2. The Morgan fingerprint density at radius 1 is 1.23 bits per heavy atom. The summed E-state index contributed by atoms with van der Waals surface area (Å²) in [6.45, 7) is 0.348. The fraction of sp³-hybridized carbons (Fsp3) is 0.278. The Morgan fingerprint density at radius 3 is 2.54 bits per heavy atom. The molecule has 0 atom stereocenters. The Hall–Kier alpha value is -2.41. The number of carboxylic acids is 1. The van der Waals surface area contributed by atoms with Gasteiger partial charge in [0.1, 0.15) is 0 Å². The Balaban J connectivity index is 2.02. The van der Waals surface area contributed by atoms with E-state index in [2.05, 4.69) is 5.32 Å². The van der Waals surface area contributed by atoms with Crippen LogP contribution in [0.4, 0.5) is 24.5 Å². The van der Waals surface area contributed by atoms with Gasteiger partial charge in [-0.15, -0.1) is 0 Å². The molecular weight excluding hydrogens is 371 g/mol. The lowest BCUT2D eigenvalue weighted by atomic mass is 10.1. The zero-order chi connectivity index (χ0) is 18.9. The summed E-state index contributed by atoms with van der Waals surface area (Å²) in [5.41, 5.74) is -0.906. The highest BCUT2D eigenvalue weighted by Crippen LogP contribution is 2.42. The van der Waals surface area contributed by atoms with Gasteiger partial charge in [-0.25, -0.2) is 4.79 Å². The molecule has 0 bridgehead atoms. The molecule has 3 rings (SSSR count). The average Bonchev–Trinajstić information content (AvgIpc) is 3.37. The first-order chi connectivity index (χ1) is 12.3. The van der Waals surface area contributed by atoms with Gasteiger partial charge in [0.05, 0.1) is 34.1 Å². The van der Waals surface area contributed by atoms with E-state index in [9.17, 15) is 23.1 Å². The maximum atomic E-state index is 13.1. The second-order valence-electron chi connectivity index (χ2n) is 6.06. The van der Waals surface area contributed by atoms with Crippen molar-refractivity contribution in [1.82, 2.24) is 0 Å². The number of halogens is 4.